The summed E-state index contributed by atoms with van der Waals surface area (Å²) in [6, 6.07) is 12.2. The number of aryl methyl sites for hydroxylation is 1. The number of halogens is 1. The first kappa shape index (κ1) is 19.3. The number of benzene rings is 2. The molecule has 29 heavy (non-hydrogen) atoms. The molecule has 0 aliphatic heterocycles. The zero-order chi connectivity index (χ0) is 20.4. The van der Waals surface area contributed by atoms with Crippen LogP contribution in [0.1, 0.15) is 53.8 Å². The summed E-state index contributed by atoms with van der Waals surface area (Å²) in [5.41, 5.74) is 3.74. The maximum absolute atomic E-state index is 13.4. The van der Waals surface area contributed by atoms with E-state index >= 15 is 0 Å². The van der Waals surface area contributed by atoms with Crippen molar-refractivity contribution >= 4 is 5.91 Å². The molecule has 3 aromatic rings. The van der Waals surface area contributed by atoms with Crippen molar-refractivity contribution in [1.82, 2.24) is 20.1 Å². The average molecular weight is 392 g/mol. The van der Waals surface area contributed by atoms with Crippen LogP contribution < -0.4 is 5.32 Å². The van der Waals surface area contributed by atoms with Crippen LogP contribution in [-0.2, 0) is 0 Å². The van der Waals surface area contributed by atoms with Gasteiger partial charge in [0.05, 0.1) is 5.69 Å². The predicted molar refractivity (Wildman–Crippen MR) is 111 cm³/mol. The highest BCUT2D eigenvalue weighted by Crippen LogP contribution is 2.25. The Hall–Kier alpha value is -3.02. The fraction of sp³-hybridized carbons (Fsp3) is 0.348. The number of rotatable bonds is 4. The molecule has 0 saturated heterocycles. The Morgan fingerprint density at radius 2 is 1.79 bits per heavy atom. The minimum Gasteiger partial charge on any atom is -0.347 e. The van der Waals surface area contributed by atoms with Crippen LogP contribution in [0.15, 0.2) is 42.5 Å². The summed E-state index contributed by atoms with van der Waals surface area (Å²) in [5.74, 6) is 0.0782. The molecule has 1 amide bonds. The third kappa shape index (κ3) is 4.06. The van der Waals surface area contributed by atoms with Gasteiger partial charge in [0.2, 0.25) is 5.82 Å². The summed E-state index contributed by atoms with van der Waals surface area (Å²) in [7, 11) is 0. The molecule has 2 aromatic carbocycles. The average Bonchev–Trinajstić information content (AvgIpc) is 3.17. The van der Waals surface area contributed by atoms with Gasteiger partial charge in [-0.05, 0) is 68.1 Å². The summed E-state index contributed by atoms with van der Waals surface area (Å²) in [6.07, 6.45) is 5.48. The summed E-state index contributed by atoms with van der Waals surface area (Å²) in [6.45, 7) is 4.05. The standard InChI is InChI=1S/C23H25FN4O/c1-15-7-6-10-20(16(15)2)28-22(17-11-13-18(24)14-12-17)26-21(27-28)23(29)25-19-8-4-3-5-9-19/h6-7,10-14,19H,3-5,8-9H2,1-2H3,(H,25,29). The SMILES string of the molecule is Cc1cccc(-n2nc(C(=O)NC3CCCCC3)nc2-c2ccc(F)cc2)c1C. The summed E-state index contributed by atoms with van der Waals surface area (Å²) < 4.78 is 15.1. The Labute approximate surface area is 170 Å². The highest BCUT2D eigenvalue weighted by Gasteiger charge is 2.23. The monoisotopic (exact) mass is 392 g/mol. The first-order valence-corrected chi connectivity index (χ1v) is 10.1. The number of hydrogen-bond acceptors (Lipinski definition) is 3. The van der Waals surface area contributed by atoms with E-state index < -0.39 is 0 Å². The van der Waals surface area contributed by atoms with E-state index in [0.717, 1.165) is 42.5 Å². The maximum atomic E-state index is 13.4. The van der Waals surface area contributed by atoms with Gasteiger partial charge < -0.3 is 5.32 Å². The number of hydrogen-bond donors (Lipinski definition) is 1. The molecular formula is C23H25FN4O. The fourth-order valence-electron chi connectivity index (χ4n) is 3.82. The number of carbonyl (C=O) groups is 1. The molecule has 1 fully saturated rings. The lowest BCUT2D eigenvalue weighted by Crippen LogP contribution is -2.36. The first-order valence-electron chi connectivity index (χ1n) is 10.1. The van der Waals surface area contributed by atoms with Crippen molar-refractivity contribution in [1.29, 1.82) is 0 Å². The van der Waals surface area contributed by atoms with E-state index in [1.165, 1.54) is 18.6 Å². The van der Waals surface area contributed by atoms with Gasteiger partial charge in [-0.15, -0.1) is 5.10 Å². The second kappa shape index (κ2) is 8.15. The Morgan fingerprint density at radius 1 is 1.07 bits per heavy atom. The molecule has 1 saturated carbocycles. The molecule has 4 rings (SSSR count). The summed E-state index contributed by atoms with van der Waals surface area (Å²) in [4.78, 5) is 17.4. The van der Waals surface area contributed by atoms with Crippen LogP contribution in [0.25, 0.3) is 17.1 Å². The number of nitrogens with zero attached hydrogens (tertiary/aromatic N) is 3. The molecule has 1 heterocycles. The van der Waals surface area contributed by atoms with Crippen molar-refractivity contribution in [3.8, 4) is 17.1 Å². The van der Waals surface area contributed by atoms with Gasteiger partial charge in [-0.3, -0.25) is 4.79 Å². The topological polar surface area (TPSA) is 59.8 Å². The molecule has 5 nitrogen and oxygen atoms in total. The van der Waals surface area contributed by atoms with Crippen LogP contribution in [0.5, 0.6) is 0 Å². The molecule has 1 aromatic heterocycles. The van der Waals surface area contributed by atoms with Gasteiger partial charge >= 0.3 is 0 Å². The fourth-order valence-corrected chi connectivity index (χ4v) is 3.82. The van der Waals surface area contributed by atoms with E-state index in [-0.39, 0.29) is 23.6 Å². The van der Waals surface area contributed by atoms with Gasteiger partial charge in [0.15, 0.2) is 5.82 Å². The van der Waals surface area contributed by atoms with E-state index in [1.807, 2.05) is 32.0 Å². The van der Waals surface area contributed by atoms with Crippen LogP contribution in [0.4, 0.5) is 4.39 Å². The maximum Gasteiger partial charge on any atom is 0.291 e. The van der Waals surface area contributed by atoms with E-state index in [9.17, 15) is 9.18 Å². The van der Waals surface area contributed by atoms with Gasteiger partial charge in [-0.25, -0.2) is 14.1 Å². The zero-order valence-electron chi connectivity index (χ0n) is 16.8. The van der Waals surface area contributed by atoms with Gasteiger partial charge in [0.1, 0.15) is 5.82 Å². The Balaban J connectivity index is 1.75. The summed E-state index contributed by atoms with van der Waals surface area (Å²) >= 11 is 0. The second-order valence-corrected chi connectivity index (χ2v) is 7.71. The molecule has 0 atom stereocenters. The minimum absolute atomic E-state index is 0.135. The Kier molecular flexibility index (Phi) is 5.43. The van der Waals surface area contributed by atoms with Crippen LogP contribution in [0.3, 0.4) is 0 Å². The van der Waals surface area contributed by atoms with Crippen molar-refractivity contribution in [3.05, 3.63) is 65.2 Å². The highest BCUT2D eigenvalue weighted by molar-refractivity contribution is 5.91. The van der Waals surface area contributed by atoms with Gasteiger partial charge in [-0.1, -0.05) is 31.4 Å². The molecule has 0 bridgehead atoms. The molecule has 6 heteroatoms. The molecule has 0 radical (unpaired) electrons. The lowest BCUT2D eigenvalue weighted by atomic mass is 9.95. The molecule has 150 valence electrons. The smallest absolute Gasteiger partial charge is 0.291 e. The van der Waals surface area contributed by atoms with Crippen molar-refractivity contribution in [2.45, 2.75) is 52.0 Å². The first-order chi connectivity index (χ1) is 14.0. The third-order valence-corrected chi connectivity index (χ3v) is 5.66. The van der Waals surface area contributed by atoms with Gasteiger partial charge in [0.25, 0.3) is 5.91 Å². The van der Waals surface area contributed by atoms with Crippen molar-refractivity contribution in [2.75, 3.05) is 0 Å². The molecular weight excluding hydrogens is 367 g/mol. The summed E-state index contributed by atoms with van der Waals surface area (Å²) in [5, 5.41) is 7.62. The molecule has 0 spiro atoms. The van der Waals surface area contributed by atoms with E-state index in [4.69, 9.17) is 0 Å². The Morgan fingerprint density at radius 3 is 2.52 bits per heavy atom. The van der Waals surface area contributed by atoms with E-state index in [2.05, 4.69) is 15.4 Å². The molecule has 1 aliphatic rings. The highest BCUT2D eigenvalue weighted by atomic mass is 19.1. The number of carbonyl (C=O) groups excluding carboxylic acids is 1. The number of amides is 1. The molecule has 0 unspecified atom stereocenters. The van der Waals surface area contributed by atoms with Crippen molar-refractivity contribution in [2.24, 2.45) is 0 Å². The van der Waals surface area contributed by atoms with Gasteiger partial charge in [0, 0.05) is 11.6 Å². The lowest BCUT2D eigenvalue weighted by Gasteiger charge is -2.21. The third-order valence-electron chi connectivity index (χ3n) is 5.66. The van der Waals surface area contributed by atoms with Crippen LogP contribution in [-0.4, -0.2) is 26.7 Å². The van der Waals surface area contributed by atoms with Crippen molar-refractivity contribution in [3.63, 3.8) is 0 Å². The molecule has 1 aliphatic carbocycles. The van der Waals surface area contributed by atoms with E-state index in [0.29, 0.717) is 11.4 Å². The van der Waals surface area contributed by atoms with E-state index in [1.54, 1.807) is 16.8 Å². The van der Waals surface area contributed by atoms with Crippen molar-refractivity contribution < 1.29 is 9.18 Å². The van der Waals surface area contributed by atoms with Crippen LogP contribution in [0.2, 0.25) is 0 Å². The predicted octanol–water partition coefficient (Wildman–Crippen LogP) is 4.75. The number of aromatic nitrogens is 3. The quantitative estimate of drug-likeness (QED) is 0.697. The van der Waals surface area contributed by atoms with Crippen LogP contribution >= 0.6 is 0 Å². The van der Waals surface area contributed by atoms with Crippen LogP contribution in [0, 0.1) is 19.7 Å². The zero-order valence-corrected chi connectivity index (χ0v) is 16.8. The largest absolute Gasteiger partial charge is 0.347 e. The lowest BCUT2D eigenvalue weighted by molar-refractivity contribution is 0.0917. The minimum atomic E-state index is -0.318. The number of nitrogens with one attached hydrogen (secondary N) is 1. The molecule has 1 N–H and O–H groups in total. The second-order valence-electron chi connectivity index (χ2n) is 7.71. The normalized spacial score (nSPS) is 14.7. The van der Waals surface area contributed by atoms with Gasteiger partial charge in [-0.2, -0.15) is 0 Å². The Bertz CT molecular complexity index is 1020.